The molecule has 0 bridgehead atoms. The minimum atomic E-state index is -4.30. The van der Waals surface area contributed by atoms with Crippen LogP contribution in [0, 0.1) is 11.8 Å². The minimum Gasteiger partial charge on any atom is -0.299 e. The van der Waals surface area contributed by atoms with Crippen molar-refractivity contribution in [2.45, 2.75) is 19.0 Å². The van der Waals surface area contributed by atoms with Crippen LogP contribution in [-0.4, -0.2) is 26.1 Å². The third-order valence-corrected chi connectivity index (χ3v) is 4.90. The average Bonchev–Trinajstić information content (AvgIpc) is 3.29. The first-order valence-electron chi connectivity index (χ1n) is 6.68. The number of hydrogen-bond acceptors (Lipinski definition) is 5. The summed E-state index contributed by atoms with van der Waals surface area (Å²) in [6, 6.07) is 8.88. The molecule has 8 heteroatoms. The molecule has 122 valence electrons. The first-order valence-corrected chi connectivity index (χ1v) is 8.14. The summed E-state index contributed by atoms with van der Waals surface area (Å²) in [7, 11) is -2.40. The lowest BCUT2D eigenvalue weighted by Gasteiger charge is -2.21. The van der Waals surface area contributed by atoms with Gasteiger partial charge in [-0.05, 0) is 12.0 Å². The molecule has 0 saturated heterocycles. The Kier molecular flexibility index (Phi) is 5.12. The lowest BCUT2D eigenvalue weighted by atomic mass is 10.1. The molecule has 1 aliphatic carbocycles. The highest BCUT2D eigenvalue weighted by atomic mass is 31.2. The van der Waals surface area contributed by atoms with Gasteiger partial charge in [0.05, 0.1) is 5.92 Å². The van der Waals surface area contributed by atoms with Crippen LogP contribution in [0.1, 0.15) is 12.0 Å². The number of hydrogen-bond donors (Lipinski definition) is 0. The highest BCUT2D eigenvalue weighted by Crippen LogP contribution is 2.59. The van der Waals surface area contributed by atoms with Gasteiger partial charge in [0, 0.05) is 26.6 Å². The third-order valence-electron chi connectivity index (χ3n) is 3.54. The van der Waals surface area contributed by atoms with E-state index in [4.69, 9.17) is 0 Å². The van der Waals surface area contributed by atoms with E-state index < -0.39 is 25.8 Å². The fraction of sp³-hybridized carbons (Fsp3) is 0.500. The Balaban J connectivity index is 1.96. The molecule has 0 N–H and O–H groups in total. The number of phosphoric ester groups is 1. The summed E-state index contributed by atoms with van der Waals surface area (Å²) in [4.78, 5) is 12.0. The molecule has 0 aromatic heterocycles. The molecule has 1 aromatic carbocycles. The third kappa shape index (κ3) is 3.98. The van der Waals surface area contributed by atoms with Gasteiger partial charge in [-0.1, -0.05) is 30.3 Å². The molecule has 1 aliphatic rings. The fourth-order valence-corrected chi connectivity index (χ4v) is 2.95. The van der Waals surface area contributed by atoms with Gasteiger partial charge in [0.1, 0.15) is 5.78 Å². The normalized spacial score (nSPS) is 21.6. The van der Waals surface area contributed by atoms with Crippen LogP contribution in [0.25, 0.3) is 0 Å². The van der Waals surface area contributed by atoms with Gasteiger partial charge < -0.3 is 0 Å². The van der Waals surface area contributed by atoms with E-state index in [0.717, 1.165) is 19.8 Å². The second-order valence-corrected chi connectivity index (χ2v) is 6.85. The molecule has 1 aromatic rings. The molecule has 0 heterocycles. The van der Waals surface area contributed by atoms with Crippen LogP contribution >= 0.6 is 7.82 Å². The molecule has 0 spiro atoms. The van der Waals surface area contributed by atoms with E-state index in [9.17, 15) is 18.1 Å². The molecule has 2 rings (SSSR count). The van der Waals surface area contributed by atoms with Gasteiger partial charge in [-0.2, -0.15) is 8.78 Å². The Labute approximate surface area is 127 Å². The maximum Gasteiger partial charge on any atom is 0.479 e. The predicted molar refractivity (Wildman–Crippen MR) is 74.4 cm³/mol. The molecule has 22 heavy (non-hydrogen) atoms. The number of carbonyl (C=O) groups is 1. The van der Waals surface area contributed by atoms with Crippen molar-refractivity contribution >= 4 is 13.6 Å². The number of Topliss-reactive ketones (excluding diaryl/α,β-unsaturated/α-hetero) is 1. The molecule has 0 radical (unpaired) electrons. The first-order chi connectivity index (χ1) is 10.3. The highest BCUT2D eigenvalue weighted by molar-refractivity contribution is 7.48. The van der Waals surface area contributed by atoms with Crippen molar-refractivity contribution in [3.05, 3.63) is 35.9 Å². The summed E-state index contributed by atoms with van der Waals surface area (Å²) in [5, 5.41) is 0. The number of benzene rings is 1. The summed E-state index contributed by atoms with van der Waals surface area (Å²) in [6.45, 7) is 0. The molecule has 0 amide bonds. The van der Waals surface area contributed by atoms with Gasteiger partial charge in [0.15, 0.2) is 0 Å². The maximum atomic E-state index is 13.9. The molecular weight excluding hydrogens is 317 g/mol. The number of rotatable bonds is 8. The molecule has 0 unspecified atom stereocenters. The van der Waals surface area contributed by atoms with Gasteiger partial charge >= 0.3 is 13.9 Å². The van der Waals surface area contributed by atoms with Crippen LogP contribution in [0.2, 0.25) is 0 Å². The number of phosphoric acid groups is 1. The van der Waals surface area contributed by atoms with E-state index in [-0.39, 0.29) is 18.6 Å². The SMILES string of the molecule is COP(=O)(OC)OC(F)(F)[C@@H]1C[C@H]1C(=O)Cc1ccccc1. The number of ketones is 1. The van der Waals surface area contributed by atoms with Gasteiger partial charge in [-0.25, -0.2) is 9.09 Å². The Hall–Kier alpha value is -1.14. The molecule has 1 saturated carbocycles. The smallest absolute Gasteiger partial charge is 0.299 e. The molecule has 0 aliphatic heterocycles. The van der Waals surface area contributed by atoms with Crippen molar-refractivity contribution in [2.24, 2.45) is 11.8 Å². The van der Waals surface area contributed by atoms with E-state index in [2.05, 4.69) is 13.6 Å². The highest BCUT2D eigenvalue weighted by Gasteiger charge is 2.61. The Morgan fingerprint density at radius 1 is 1.27 bits per heavy atom. The number of halogens is 2. The van der Waals surface area contributed by atoms with E-state index in [1.165, 1.54) is 0 Å². The summed E-state index contributed by atoms with van der Waals surface area (Å²) < 4.78 is 52.4. The van der Waals surface area contributed by atoms with Crippen molar-refractivity contribution in [1.82, 2.24) is 0 Å². The minimum absolute atomic E-state index is 0.00784. The van der Waals surface area contributed by atoms with Crippen LogP contribution in [0.4, 0.5) is 8.78 Å². The Morgan fingerprint density at radius 2 is 1.86 bits per heavy atom. The second-order valence-electron chi connectivity index (χ2n) is 5.04. The molecule has 1 fully saturated rings. The summed E-state index contributed by atoms with van der Waals surface area (Å²) in [5.41, 5.74) is 0.766. The number of alkyl halides is 2. The van der Waals surface area contributed by atoms with E-state index in [0.29, 0.717) is 0 Å². The lowest BCUT2D eigenvalue weighted by Crippen LogP contribution is -2.25. The maximum absolute atomic E-state index is 13.9. The van der Waals surface area contributed by atoms with Crippen LogP contribution in [0.15, 0.2) is 30.3 Å². The molecule has 2 atom stereocenters. The zero-order valence-corrected chi connectivity index (χ0v) is 13.1. The first kappa shape index (κ1) is 17.2. The lowest BCUT2D eigenvalue weighted by molar-refractivity contribution is -0.207. The van der Waals surface area contributed by atoms with Crippen LogP contribution in [0.5, 0.6) is 0 Å². The zero-order valence-electron chi connectivity index (χ0n) is 12.2. The van der Waals surface area contributed by atoms with Crippen LogP contribution < -0.4 is 0 Å². The monoisotopic (exact) mass is 334 g/mol. The number of carbonyl (C=O) groups excluding carboxylic acids is 1. The topological polar surface area (TPSA) is 61.8 Å². The van der Waals surface area contributed by atoms with Crippen LogP contribution in [-0.2, 0) is 29.4 Å². The van der Waals surface area contributed by atoms with Crippen molar-refractivity contribution in [1.29, 1.82) is 0 Å². The second kappa shape index (κ2) is 6.54. The van der Waals surface area contributed by atoms with Gasteiger partial charge in [0.2, 0.25) is 0 Å². The van der Waals surface area contributed by atoms with Crippen LogP contribution in [0.3, 0.4) is 0 Å². The van der Waals surface area contributed by atoms with Crippen molar-refractivity contribution in [3.8, 4) is 0 Å². The van der Waals surface area contributed by atoms with Gasteiger partial charge in [-0.15, -0.1) is 0 Å². The zero-order chi connectivity index (χ0) is 16.4. The van der Waals surface area contributed by atoms with E-state index >= 15 is 0 Å². The summed E-state index contributed by atoms with van der Waals surface area (Å²) in [5.74, 6) is -2.40. The van der Waals surface area contributed by atoms with Gasteiger partial charge in [0.25, 0.3) is 0 Å². The Bertz CT molecular complexity index is 570. The predicted octanol–water partition coefficient (Wildman–Crippen LogP) is 3.44. The fourth-order valence-electron chi connectivity index (χ4n) is 2.22. The van der Waals surface area contributed by atoms with E-state index in [1.54, 1.807) is 24.3 Å². The summed E-state index contributed by atoms with van der Waals surface area (Å²) >= 11 is 0. The Morgan fingerprint density at radius 3 is 2.41 bits per heavy atom. The summed E-state index contributed by atoms with van der Waals surface area (Å²) in [6.07, 6.45) is -3.66. The average molecular weight is 334 g/mol. The largest absolute Gasteiger partial charge is 0.479 e. The standard InChI is InChI=1S/C14H17F2O5P/c1-19-22(18,20-2)21-14(15,16)12-9-11(12)13(17)8-10-6-4-3-5-7-10/h3-7,11-12H,8-9H2,1-2H3/t11-,12-/m1/s1. The quantitative estimate of drug-likeness (QED) is 0.682. The van der Waals surface area contributed by atoms with Crippen molar-refractivity contribution < 1.29 is 31.7 Å². The van der Waals surface area contributed by atoms with E-state index in [1.807, 2.05) is 6.07 Å². The molecule has 5 nitrogen and oxygen atoms in total. The van der Waals surface area contributed by atoms with Crippen molar-refractivity contribution in [2.75, 3.05) is 14.2 Å². The van der Waals surface area contributed by atoms with Crippen molar-refractivity contribution in [3.63, 3.8) is 0 Å². The van der Waals surface area contributed by atoms with Gasteiger partial charge in [-0.3, -0.25) is 13.8 Å². The molecular formula is C14H17F2O5P.